The first-order valence-corrected chi connectivity index (χ1v) is 8.60. The third kappa shape index (κ3) is 3.09. The van der Waals surface area contributed by atoms with E-state index >= 15 is 0 Å². The van der Waals surface area contributed by atoms with Crippen molar-refractivity contribution in [3.8, 4) is 5.75 Å². The van der Waals surface area contributed by atoms with Gasteiger partial charge in [0.05, 0.1) is 5.02 Å². The van der Waals surface area contributed by atoms with Crippen LogP contribution >= 0.6 is 11.6 Å². The highest BCUT2D eigenvalue weighted by molar-refractivity contribution is 6.31. The molecule has 0 spiro atoms. The van der Waals surface area contributed by atoms with Crippen molar-refractivity contribution in [3.05, 3.63) is 53.4 Å². The summed E-state index contributed by atoms with van der Waals surface area (Å²) in [6.45, 7) is 2.44. The normalized spacial score (nSPS) is 15.7. The Bertz CT molecular complexity index is 828. The fourth-order valence-corrected chi connectivity index (χ4v) is 3.37. The summed E-state index contributed by atoms with van der Waals surface area (Å²) < 4.78 is 8.16. The number of nitrogens with zero attached hydrogens (tertiary/aromatic N) is 3. The lowest BCUT2D eigenvalue weighted by Gasteiger charge is -2.25. The first-order chi connectivity index (χ1) is 11.8. The molecule has 0 aliphatic carbocycles. The van der Waals surface area contributed by atoms with Crippen molar-refractivity contribution >= 4 is 22.8 Å². The fourth-order valence-electron chi connectivity index (χ4n) is 3.22. The zero-order valence-corrected chi connectivity index (χ0v) is 14.0. The van der Waals surface area contributed by atoms with Crippen LogP contribution in [0, 0.1) is 0 Å². The molecule has 1 saturated heterocycles. The first kappa shape index (κ1) is 15.4. The summed E-state index contributed by atoms with van der Waals surface area (Å²) in [5.41, 5.74) is 1.71. The Labute approximate surface area is 145 Å². The average molecular weight is 343 g/mol. The van der Waals surface area contributed by atoms with Crippen molar-refractivity contribution in [2.45, 2.75) is 25.5 Å². The zero-order valence-electron chi connectivity index (χ0n) is 13.3. The second kappa shape index (κ2) is 6.79. The number of pyridine rings is 1. The summed E-state index contributed by atoms with van der Waals surface area (Å²) in [4.78, 5) is 9.26. The molecule has 0 bridgehead atoms. The number of piperidine rings is 1. The van der Waals surface area contributed by atoms with Gasteiger partial charge in [0, 0.05) is 12.2 Å². The number of para-hydroxylation sites is 1. The van der Waals surface area contributed by atoms with Gasteiger partial charge in [-0.05, 0) is 44.1 Å². The fraction of sp³-hybridized carbons (Fsp3) is 0.333. The molecular weight excluding hydrogens is 324 g/mol. The van der Waals surface area contributed by atoms with Gasteiger partial charge in [-0.2, -0.15) is 0 Å². The number of imidazole rings is 1. The van der Waals surface area contributed by atoms with E-state index in [0.29, 0.717) is 17.7 Å². The number of rotatable bonds is 4. The minimum absolute atomic E-state index is 0.388. The molecule has 2 aromatic heterocycles. The van der Waals surface area contributed by atoms with Crippen LogP contribution in [0.4, 0.5) is 0 Å². The van der Waals surface area contributed by atoms with Gasteiger partial charge in [-0.25, -0.2) is 9.97 Å². The zero-order chi connectivity index (χ0) is 16.4. The highest BCUT2D eigenvalue weighted by Crippen LogP contribution is 2.27. The van der Waals surface area contributed by atoms with E-state index in [1.807, 2.05) is 36.4 Å². The number of halogens is 1. The Balaban J connectivity index is 1.69. The van der Waals surface area contributed by atoms with Gasteiger partial charge in [-0.3, -0.25) is 0 Å². The summed E-state index contributed by atoms with van der Waals surface area (Å²) in [6.07, 6.45) is 3.81. The monoisotopic (exact) mass is 342 g/mol. The molecule has 0 radical (unpaired) electrons. The lowest BCUT2D eigenvalue weighted by Crippen LogP contribution is -2.30. The van der Waals surface area contributed by atoms with E-state index in [0.717, 1.165) is 48.7 Å². The van der Waals surface area contributed by atoms with Crippen molar-refractivity contribution < 1.29 is 4.74 Å². The highest BCUT2D eigenvalue weighted by atomic mass is 35.5. The molecule has 0 unspecified atom stereocenters. The average Bonchev–Trinajstić information content (AvgIpc) is 2.99. The van der Waals surface area contributed by atoms with Crippen molar-refractivity contribution in [2.75, 3.05) is 13.1 Å². The van der Waals surface area contributed by atoms with Crippen LogP contribution in [0.15, 0.2) is 42.6 Å². The molecule has 3 aromatic rings. The van der Waals surface area contributed by atoms with Crippen molar-refractivity contribution in [1.29, 1.82) is 0 Å². The molecule has 4 rings (SSSR count). The van der Waals surface area contributed by atoms with E-state index in [9.17, 15) is 0 Å². The molecule has 1 aliphatic heterocycles. The van der Waals surface area contributed by atoms with Gasteiger partial charge in [0.2, 0.25) is 0 Å². The predicted octanol–water partition coefficient (Wildman–Crippen LogP) is 3.59. The minimum Gasteiger partial charge on any atom is -0.486 e. The Hall–Kier alpha value is -2.11. The molecule has 0 amide bonds. The third-order valence-electron chi connectivity index (χ3n) is 4.35. The maximum absolute atomic E-state index is 6.09. The van der Waals surface area contributed by atoms with Gasteiger partial charge < -0.3 is 14.6 Å². The van der Waals surface area contributed by atoms with Gasteiger partial charge in [0.1, 0.15) is 23.7 Å². The van der Waals surface area contributed by atoms with Crippen LogP contribution in [0.3, 0.4) is 0 Å². The Morgan fingerprint density at radius 2 is 2.00 bits per heavy atom. The summed E-state index contributed by atoms with van der Waals surface area (Å²) in [5.74, 6) is 1.74. The van der Waals surface area contributed by atoms with E-state index < -0.39 is 0 Å². The van der Waals surface area contributed by atoms with E-state index in [-0.39, 0.29) is 0 Å². The second-order valence-corrected chi connectivity index (χ2v) is 6.41. The van der Waals surface area contributed by atoms with Crippen molar-refractivity contribution in [1.82, 2.24) is 19.9 Å². The van der Waals surface area contributed by atoms with Gasteiger partial charge in [-0.15, -0.1) is 0 Å². The molecule has 1 N–H and O–H groups in total. The molecule has 0 saturated carbocycles. The lowest BCUT2D eigenvalue weighted by atomic mass is 10.1. The van der Waals surface area contributed by atoms with E-state index in [4.69, 9.17) is 21.3 Å². The molecule has 1 aromatic carbocycles. The number of hydrogen-bond donors (Lipinski definition) is 1. The Morgan fingerprint density at radius 1 is 1.21 bits per heavy atom. The van der Waals surface area contributed by atoms with Crippen LogP contribution in [0.25, 0.3) is 11.2 Å². The van der Waals surface area contributed by atoms with Crippen LogP contribution in [0.2, 0.25) is 5.02 Å². The molecule has 24 heavy (non-hydrogen) atoms. The molecule has 6 heteroatoms. The van der Waals surface area contributed by atoms with E-state index in [1.165, 1.54) is 0 Å². The van der Waals surface area contributed by atoms with Crippen LogP contribution < -0.4 is 10.1 Å². The van der Waals surface area contributed by atoms with Crippen LogP contribution in [-0.2, 0) is 6.61 Å². The van der Waals surface area contributed by atoms with Crippen molar-refractivity contribution in [2.24, 2.45) is 0 Å². The lowest BCUT2D eigenvalue weighted by molar-refractivity contribution is 0.276. The molecule has 0 atom stereocenters. The number of ether oxygens (including phenoxy) is 1. The minimum atomic E-state index is 0.388. The highest BCUT2D eigenvalue weighted by Gasteiger charge is 2.22. The summed E-state index contributed by atoms with van der Waals surface area (Å²) in [7, 11) is 0. The van der Waals surface area contributed by atoms with Crippen molar-refractivity contribution in [3.63, 3.8) is 0 Å². The second-order valence-electron chi connectivity index (χ2n) is 5.98. The molecular formula is C18H19ClN4O. The SMILES string of the molecule is Clc1cnc2c(c1)nc(COc1ccccc1)n2C1CCNCC1. The Kier molecular flexibility index (Phi) is 4.36. The first-order valence-electron chi connectivity index (χ1n) is 8.22. The number of nitrogens with one attached hydrogen (secondary N) is 1. The number of fused-ring (bicyclic) bond motifs is 1. The maximum Gasteiger partial charge on any atom is 0.160 e. The van der Waals surface area contributed by atoms with Crippen LogP contribution in [-0.4, -0.2) is 27.6 Å². The van der Waals surface area contributed by atoms with Gasteiger partial charge in [-0.1, -0.05) is 29.8 Å². The van der Waals surface area contributed by atoms with Gasteiger partial charge in [0.25, 0.3) is 0 Å². The summed E-state index contributed by atoms with van der Waals surface area (Å²) in [5, 5.41) is 4.01. The third-order valence-corrected chi connectivity index (χ3v) is 4.56. The van der Waals surface area contributed by atoms with E-state index in [1.54, 1.807) is 6.20 Å². The molecule has 1 fully saturated rings. The Morgan fingerprint density at radius 3 is 2.79 bits per heavy atom. The number of benzene rings is 1. The largest absolute Gasteiger partial charge is 0.486 e. The van der Waals surface area contributed by atoms with Crippen LogP contribution in [0.5, 0.6) is 5.75 Å². The molecule has 1 aliphatic rings. The van der Waals surface area contributed by atoms with Gasteiger partial charge >= 0.3 is 0 Å². The molecule has 5 nitrogen and oxygen atoms in total. The quantitative estimate of drug-likeness (QED) is 0.787. The van der Waals surface area contributed by atoms with Gasteiger partial charge in [0.15, 0.2) is 5.65 Å². The number of hydrogen-bond acceptors (Lipinski definition) is 4. The van der Waals surface area contributed by atoms with Crippen LogP contribution in [0.1, 0.15) is 24.7 Å². The molecule has 3 heterocycles. The summed E-state index contributed by atoms with van der Waals surface area (Å²) >= 11 is 6.09. The maximum atomic E-state index is 6.09. The molecule has 124 valence electrons. The topological polar surface area (TPSA) is 52.0 Å². The summed E-state index contributed by atoms with van der Waals surface area (Å²) in [6, 6.07) is 12.1. The smallest absolute Gasteiger partial charge is 0.160 e. The predicted molar refractivity (Wildman–Crippen MR) is 94.5 cm³/mol. The number of aromatic nitrogens is 3. The standard InChI is InChI=1S/C18H19ClN4O/c19-13-10-16-18(21-11-13)23(14-6-8-20-9-7-14)17(22-16)12-24-15-4-2-1-3-5-15/h1-5,10-11,14,20H,6-9,12H2. The van der Waals surface area contributed by atoms with E-state index in [2.05, 4.69) is 14.9 Å².